The van der Waals surface area contributed by atoms with Crippen LogP contribution in [-0.2, 0) is 5.33 Å². The fourth-order valence-electron chi connectivity index (χ4n) is 0.749. The van der Waals surface area contributed by atoms with Crippen LogP contribution in [0.3, 0.4) is 0 Å². The van der Waals surface area contributed by atoms with Gasteiger partial charge in [-0.1, -0.05) is 15.9 Å². The number of benzene rings is 1. The second-order valence-electron chi connectivity index (χ2n) is 2.09. The molecule has 1 rings (SSSR count). The minimum atomic E-state index is -0.277. The summed E-state index contributed by atoms with van der Waals surface area (Å²) in [6.07, 6.45) is 0. The Kier molecular flexibility index (Phi) is 2.90. The average Bonchev–Trinajstić information content (AvgIpc) is 1.96. The fraction of sp³-hybridized carbons (Fsp3) is 0.143. The number of rotatable bonds is 1. The fourth-order valence-corrected chi connectivity index (χ4v) is 1.69. The summed E-state index contributed by atoms with van der Waals surface area (Å²) in [5, 5.41) is 0.565. The number of alkyl halides is 1. The van der Waals surface area contributed by atoms with Gasteiger partial charge >= 0.3 is 0 Å². The van der Waals surface area contributed by atoms with Crippen molar-refractivity contribution in [3.63, 3.8) is 0 Å². The Morgan fingerprint density at radius 3 is 2.64 bits per heavy atom. The Morgan fingerprint density at radius 1 is 1.45 bits per heavy atom. The zero-order chi connectivity index (χ0) is 8.43. The zero-order valence-corrected chi connectivity index (χ0v) is 8.75. The second-order valence-corrected chi connectivity index (χ2v) is 3.51. The molecule has 0 aliphatic rings. The van der Waals surface area contributed by atoms with Crippen LogP contribution in [0.4, 0.5) is 10.1 Å². The molecule has 0 aromatic heterocycles. The molecule has 0 aliphatic heterocycles. The second kappa shape index (κ2) is 3.54. The molecule has 4 heteroatoms. The van der Waals surface area contributed by atoms with Crippen molar-refractivity contribution in [3.8, 4) is 0 Å². The summed E-state index contributed by atoms with van der Waals surface area (Å²) < 4.78 is 13.3. The topological polar surface area (TPSA) is 26.0 Å². The third-order valence-electron chi connectivity index (χ3n) is 1.32. The van der Waals surface area contributed by atoms with E-state index in [0.29, 0.717) is 15.5 Å². The molecule has 0 fully saturated rings. The van der Waals surface area contributed by atoms with Gasteiger partial charge in [0.05, 0.1) is 5.69 Å². The summed E-state index contributed by atoms with van der Waals surface area (Å²) >= 11 is 6.36. The van der Waals surface area contributed by atoms with Gasteiger partial charge in [-0.2, -0.15) is 0 Å². The van der Waals surface area contributed by atoms with Gasteiger partial charge in [0.15, 0.2) is 0 Å². The van der Waals surface area contributed by atoms with E-state index >= 15 is 0 Å². The highest BCUT2D eigenvalue weighted by Gasteiger charge is 2.04. The Balaban J connectivity index is 3.24. The van der Waals surface area contributed by atoms with Gasteiger partial charge in [0.2, 0.25) is 0 Å². The molecule has 0 saturated heterocycles. The molecule has 2 N–H and O–H groups in total. The SMILES string of the molecule is Nc1c(Br)cc(F)cc1CBr. The van der Waals surface area contributed by atoms with E-state index in [4.69, 9.17) is 5.73 Å². The van der Waals surface area contributed by atoms with Crippen molar-refractivity contribution in [1.29, 1.82) is 0 Å². The first-order valence-electron chi connectivity index (χ1n) is 2.94. The average molecular weight is 283 g/mol. The van der Waals surface area contributed by atoms with E-state index in [2.05, 4.69) is 31.9 Å². The maximum atomic E-state index is 12.7. The standard InChI is InChI=1S/C7H6Br2FN/c8-3-4-1-5(10)2-6(9)7(4)11/h1-2H,3,11H2. The molecule has 1 aromatic carbocycles. The molecule has 1 aromatic rings. The van der Waals surface area contributed by atoms with Gasteiger partial charge in [0.25, 0.3) is 0 Å². The lowest BCUT2D eigenvalue weighted by atomic mass is 10.2. The van der Waals surface area contributed by atoms with E-state index in [9.17, 15) is 4.39 Å². The smallest absolute Gasteiger partial charge is 0.124 e. The molecule has 0 unspecified atom stereocenters. The van der Waals surface area contributed by atoms with Gasteiger partial charge in [-0.3, -0.25) is 0 Å². The molecule has 0 atom stereocenters. The number of hydrogen-bond donors (Lipinski definition) is 1. The highest BCUT2D eigenvalue weighted by Crippen LogP contribution is 2.26. The summed E-state index contributed by atoms with van der Waals surface area (Å²) in [6.45, 7) is 0. The molecule has 60 valence electrons. The molecule has 0 spiro atoms. The third kappa shape index (κ3) is 1.93. The van der Waals surface area contributed by atoms with Crippen molar-refractivity contribution in [2.24, 2.45) is 0 Å². The first-order chi connectivity index (χ1) is 5.15. The van der Waals surface area contributed by atoms with E-state index in [1.165, 1.54) is 12.1 Å². The molecule has 0 heterocycles. The van der Waals surface area contributed by atoms with Gasteiger partial charge in [0, 0.05) is 9.80 Å². The summed E-state index contributed by atoms with van der Waals surface area (Å²) in [5.41, 5.74) is 6.97. The molecule has 0 radical (unpaired) electrons. The number of nitrogens with two attached hydrogens (primary N) is 1. The van der Waals surface area contributed by atoms with E-state index in [-0.39, 0.29) is 5.82 Å². The number of hydrogen-bond acceptors (Lipinski definition) is 1. The molecular weight excluding hydrogens is 277 g/mol. The summed E-state index contributed by atoms with van der Waals surface area (Å²) in [7, 11) is 0. The van der Waals surface area contributed by atoms with E-state index < -0.39 is 0 Å². The van der Waals surface area contributed by atoms with Crippen LogP contribution in [0.1, 0.15) is 5.56 Å². The minimum absolute atomic E-state index is 0.277. The van der Waals surface area contributed by atoms with E-state index in [1.807, 2.05) is 0 Å². The quantitative estimate of drug-likeness (QED) is 0.622. The van der Waals surface area contributed by atoms with Gasteiger partial charge in [-0.15, -0.1) is 0 Å². The molecule has 11 heavy (non-hydrogen) atoms. The summed E-state index contributed by atoms with van der Waals surface area (Å²) in [5.74, 6) is -0.277. The first-order valence-corrected chi connectivity index (χ1v) is 4.86. The number of nitrogen functional groups attached to an aromatic ring is 1. The van der Waals surface area contributed by atoms with Crippen LogP contribution in [-0.4, -0.2) is 0 Å². The Bertz CT molecular complexity index is 275. The van der Waals surface area contributed by atoms with Crippen LogP contribution in [0, 0.1) is 5.82 Å². The van der Waals surface area contributed by atoms with E-state index in [1.54, 1.807) is 0 Å². The van der Waals surface area contributed by atoms with Crippen LogP contribution in [0.2, 0.25) is 0 Å². The lowest BCUT2D eigenvalue weighted by Crippen LogP contribution is -1.94. The van der Waals surface area contributed by atoms with Gasteiger partial charge in [-0.25, -0.2) is 4.39 Å². The van der Waals surface area contributed by atoms with E-state index in [0.717, 1.165) is 5.56 Å². The molecular formula is C7H6Br2FN. The largest absolute Gasteiger partial charge is 0.398 e. The van der Waals surface area contributed by atoms with Gasteiger partial charge in [-0.05, 0) is 33.6 Å². The van der Waals surface area contributed by atoms with Crippen molar-refractivity contribution >= 4 is 37.5 Å². The monoisotopic (exact) mass is 281 g/mol. The summed E-state index contributed by atoms with van der Waals surface area (Å²) in [4.78, 5) is 0. The molecule has 0 saturated carbocycles. The van der Waals surface area contributed by atoms with Crippen LogP contribution >= 0.6 is 31.9 Å². The number of halogens is 3. The first kappa shape index (κ1) is 9.00. The molecule has 0 amide bonds. The number of anilines is 1. The zero-order valence-electron chi connectivity index (χ0n) is 5.57. The normalized spacial score (nSPS) is 10.1. The van der Waals surface area contributed by atoms with Crippen LogP contribution < -0.4 is 5.73 Å². The maximum Gasteiger partial charge on any atom is 0.124 e. The third-order valence-corrected chi connectivity index (χ3v) is 2.58. The van der Waals surface area contributed by atoms with Gasteiger partial charge in [0.1, 0.15) is 5.82 Å². The van der Waals surface area contributed by atoms with Crippen molar-refractivity contribution in [2.45, 2.75) is 5.33 Å². The predicted octanol–water partition coefficient (Wildman–Crippen LogP) is 3.07. The van der Waals surface area contributed by atoms with Crippen molar-refractivity contribution < 1.29 is 4.39 Å². The van der Waals surface area contributed by atoms with Crippen molar-refractivity contribution in [3.05, 3.63) is 28.0 Å². The maximum absolute atomic E-state index is 12.7. The van der Waals surface area contributed by atoms with Crippen molar-refractivity contribution in [1.82, 2.24) is 0 Å². The Hall–Kier alpha value is -0.0900. The van der Waals surface area contributed by atoms with Crippen LogP contribution in [0.15, 0.2) is 16.6 Å². The summed E-state index contributed by atoms with van der Waals surface area (Å²) in [6, 6.07) is 2.76. The van der Waals surface area contributed by atoms with Crippen LogP contribution in [0.25, 0.3) is 0 Å². The lowest BCUT2D eigenvalue weighted by molar-refractivity contribution is 0.626. The highest BCUT2D eigenvalue weighted by molar-refractivity contribution is 9.10. The van der Waals surface area contributed by atoms with Crippen LogP contribution in [0.5, 0.6) is 0 Å². The molecule has 0 bridgehead atoms. The Morgan fingerprint density at radius 2 is 2.09 bits per heavy atom. The lowest BCUT2D eigenvalue weighted by Gasteiger charge is -2.03. The highest BCUT2D eigenvalue weighted by atomic mass is 79.9. The predicted molar refractivity (Wildman–Crippen MR) is 51.1 cm³/mol. The minimum Gasteiger partial charge on any atom is -0.398 e. The molecule has 1 nitrogen and oxygen atoms in total. The Labute approximate surface area is 81.0 Å². The van der Waals surface area contributed by atoms with Gasteiger partial charge < -0.3 is 5.73 Å². The van der Waals surface area contributed by atoms with Crippen molar-refractivity contribution in [2.75, 3.05) is 5.73 Å². The molecule has 0 aliphatic carbocycles.